The maximum absolute atomic E-state index is 10.9. The van der Waals surface area contributed by atoms with Gasteiger partial charge in [-0.15, -0.1) is 23.1 Å². The predicted octanol–water partition coefficient (Wildman–Crippen LogP) is 0.0788. The van der Waals surface area contributed by atoms with Crippen molar-refractivity contribution in [2.24, 2.45) is 0 Å². The summed E-state index contributed by atoms with van der Waals surface area (Å²) in [6.07, 6.45) is 3.75. The first kappa shape index (κ1) is 11.5. The molecule has 0 spiro atoms. The zero-order valence-electron chi connectivity index (χ0n) is 9.29. The number of hydrogen-bond acceptors (Lipinski definition) is 5. The van der Waals surface area contributed by atoms with Crippen molar-refractivity contribution in [3.8, 4) is 0 Å². The van der Waals surface area contributed by atoms with Crippen molar-refractivity contribution in [2.75, 3.05) is 5.75 Å². The second-order valence-electron chi connectivity index (χ2n) is 3.90. The molecule has 2 N–H and O–H groups in total. The first-order valence-corrected chi connectivity index (χ1v) is 7.06. The van der Waals surface area contributed by atoms with Gasteiger partial charge in [-0.25, -0.2) is 9.78 Å². The molecule has 18 heavy (non-hydrogen) atoms. The highest BCUT2D eigenvalue weighted by Gasteiger charge is 2.26. The Morgan fingerprint density at radius 1 is 1.67 bits per heavy atom. The maximum atomic E-state index is 10.9. The highest BCUT2D eigenvalue weighted by Crippen LogP contribution is 2.23. The van der Waals surface area contributed by atoms with E-state index in [1.807, 2.05) is 18.5 Å². The second kappa shape index (κ2) is 4.25. The van der Waals surface area contributed by atoms with Gasteiger partial charge < -0.3 is 10.4 Å². The van der Waals surface area contributed by atoms with Crippen molar-refractivity contribution in [1.29, 1.82) is 0 Å². The molecule has 1 fully saturated rings. The summed E-state index contributed by atoms with van der Waals surface area (Å²) in [5, 5.41) is 12.8. The minimum atomic E-state index is -0.825. The quantitative estimate of drug-likeness (QED) is 0.724. The number of rotatable bonds is 1. The summed E-state index contributed by atoms with van der Waals surface area (Å²) in [6.45, 7) is 3.80. The number of pyridine rings is 1. The number of fused-ring (bicyclic) bond motifs is 1. The Hall–Kier alpha value is -1.60. The number of nitrogens with zero attached hydrogens (tertiary/aromatic N) is 2. The molecular weight excluding hydrogens is 270 g/mol. The number of thioether (sulfide) groups is 1. The monoisotopic (exact) mass is 280 g/mol. The van der Waals surface area contributed by atoms with E-state index in [0.29, 0.717) is 5.75 Å². The number of carbonyl (C=O) groups is 1. The summed E-state index contributed by atoms with van der Waals surface area (Å²) in [6, 6.07) is 1.38. The third-order valence-electron chi connectivity index (χ3n) is 2.58. The Morgan fingerprint density at radius 3 is 3.22 bits per heavy atom. The van der Waals surface area contributed by atoms with E-state index in [4.69, 9.17) is 5.11 Å². The van der Waals surface area contributed by atoms with Crippen molar-refractivity contribution >= 4 is 44.3 Å². The molecular formula is C11H10N3O2S2+. The van der Waals surface area contributed by atoms with E-state index in [0.717, 1.165) is 19.9 Å². The van der Waals surface area contributed by atoms with Crippen LogP contribution < -0.4 is 14.2 Å². The largest absolute Gasteiger partial charge is 0.480 e. The predicted molar refractivity (Wildman–Crippen MR) is 70.6 cm³/mol. The lowest BCUT2D eigenvalue weighted by Gasteiger charge is -2.01. The van der Waals surface area contributed by atoms with E-state index < -0.39 is 12.0 Å². The second-order valence-corrected chi connectivity index (χ2v) is 5.96. The fraction of sp³-hybridized carbons (Fsp3) is 0.182. The zero-order chi connectivity index (χ0) is 12.7. The minimum absolute atomic E-state index is 0.519. The van der Waals surface area contributed by atoms with Crippen molar-refractivity contribution in [3.63, 3.8) is 0 Å². The lowest BCUT2D eigenvalue weighted by atomic mass is 10.3. The van der Waals surface area contributed by atoms with E-state index in [2.05, 4.69) is 17.0 Å². The van der Waals surface area contributed by atoms with Gasteiger partial charge in [0.2, 0.25) is 0 Å². The summed E-state index contributed by atoms with van der Waals surface area (Å²) < 4.78 is 3.60. The Labute approximate surface area is 111 Å². The molecule has 0 aliphatic carbocycles. The summed E-state index contributed by atoms with van der Waals surface area (Å²) in [7, 11) is 0. The standard InChI is InChI=1S/C11H9N3O2S2/c1-14-3-2-6-8(4-14)18-10(12-6)9-13-7(5-17-9)11(15)16/h2-4,7,13H,1,5H2/p+1/b10-9-. The van der Waals surface area contributed by atoms with Gasteiger partial charge in [-0.2, -0.15) is 4.24 Å². The fourth-order valence-electron chi connectivity index (χ4n) is 1.68. The van der Waals surface area contributed by atoms with Crippen LogP contribution in [0.5, 0.6) is 0 Å². The third kappa shape index (κ3) is 1.95. The molecule has 7 heteroatoms. The first-order chi connectivity index (χ1) is 8.63. The van der Waals surface area contributed by atoms with Gasteiger partial charge in [-0.3, -0.25) is 0 Å². The molecule has 1 unspecified atom stereocenters. The molecule has 0 aromatic carbocycles. The lowest BCUT2D eigenvalue weighted by molar-refractivity contribution is -0.496. The minimum Gasteiger partial charge on any atom is -0.480 e. The highest BCUT2D eigenvalue weighted by molar-refractivity contribution is 8.08. The number of aliphatic carboxylic acids is 1. The summed E-state index contributed by atoms with van der Waals surface area (Å²) >= 11 is 3.04. The van der Waals surface area contributed by atoms with Crippen LogP contribution in [0.4, 0.5) is 0 Å². The van der Waals surface area contributed by atoms with Gasteiger partial charge in [0.25, 0.3) is 0 Å². The Kier molecular flexibility index (Phi) is 2.71. The first-order valence-electron chi connectivity index (χ1n) is 5.25. The smallest absolute Gasteiger partial charge is 0.327 e. The molecule has 0 radical (unpaired) electrons. The number of thiazole rings is 1. The van der Waals surface area contributed by atoms with Crippen molar-refractivity contribution < 1.29 is 14.1 Å². The number of carboxylic acid groups (broad SMARTS) is 1. The third-order valence-corrected chi connectivity index (χ3v) is 4.83. The normalized spacial score (nSPS) is 22.1. The number of nitrogens with one attached hydrogen (secondary N) is 1. The van der Waals surface area contributed by atoms with Crippen molar-refractivity contribution in [3.05, 3.63) is 29.8 Å². The number of hydrogen-bond donors (Lipinski definition) is 2. The van der Waals surface area contributed by atoms with Gasteiger partial charge in [-0.1, -0.05) is 0 Å². The van der Waals surface area contributed by atoms with E-state index in [-0.39, 0.29) is 0 Å². The van der Waals surface area contributed by atoms with E-state index in [1.165, 1.54) is 23.1 Å². The highest BCUT2D eigenvalue weighted by atomic mass is 32.2. The molecule has 3 rings (SSSR count). The molecule has 3 heterocycles. The van der Waals surface area contributed by atoms with Gasteiger partial charge in [0.15, 0.2) is 12.4 Å². The van der Waals surface area contributed by atoms with Crippen LogP contribution in [-0.2, 0) is 4.79 Å². The Bertz CT molecular complexity index is 740. The van der Waals surface area contributed by atoms with Crippen LogP contribution in [0.1, 0.15) is 0 Å². The van der Waals surface area contributed by atoms with Gasteiger partial charge in [0.05, 0.1) is 5.52 Å². The molecule has 0 bridgehead atoms. The summed E-state index contributed by atoms with van der Waals surface area (Å²) in [4.78, 5) is 15.4. The van der Waals surface area contributed by atoms with Crippen LogP contribution in [0.2, 0.25) is 0 Å². The van der Waals surface area contributed by atoms with Crippen LogP contribution in [0, 0.1) is 6.72 Å². The van der Waals surface area contributed by atoms with Crippen LogP contribution in [0.15, 0.2) is 18.5 Å². The van der Waals surface area contributed by atoms with Crippen LogP contribution in [-0.4, -0.2) is 27.9 Å². The summed E-state index contributed by atoms with van der Waals surface area (Å²) in [5.41, 5.74) is 0.906. The molecule has 1 aliphatic rings. The topological polar surface area (TPSA) is 68.1 Å². The van der Waals surface area contributed by atoms with E-state index in [1.54, 1.807) is 4.24 Å². The fourth-order valence-corrected chi connectivity index (χ4v) is 3.84. The van der Waals surface area contributed by atoms with Gasteiger partial charge in [-0.05, 0) is 0 Å². The molecule has 0 amide bonds. The lowest BCUT2D eigenvalue weighted by Crippen LogP contribution is -2.32. The molecule has 5 nitrogen and oxygen atoms in total. The van der Waals surface area contributed by atoms with Crippen molar-refractivity contribution in [1.82, 2.24) is 10.3 Å². The molecule has 1 aliphatic heterocycles. The van der Waals surface area contributed by atoms with Gasteiger partial charge >= 0.3 is 5.97 Å². The Balaban J connectivity index is 2.09. The molecule has 0 saturated carbocycles. The van der Waals surface area contributed by atoms with Crippen LogP contribution >= 0.6 is 23.1 Å². The average molecular weight is 280 g/mol. The molecule has 92 valence electrons. The Morgan fingerprint density at radius 2 is 2.50 bits per heavy atom. The van der Waals surface area contributed by atoms with Crippen LogP contribution in [0.3, 0.4) is 0 Å². The molecule has 1 saturated heterocycles. The van der Waals surface area contributed by atoms with Crippen molar-refractivity contribution in [2.45, 2.75) is 6.04 Å². The molecule has 2 aromatic heterocycles. The number of aromatic nitrogens is 2. The van der Waals surface area contributed by atoms with Gasteiger partial charge in [0.1, 0.15) is 27.2 Å². The van der Waals surface area contributed by atoms with Crippen LogP contribution in [0.25, 0.3) is 15.2 Å². The molecule has 1 atom stereocenters. The zero-order valence-corrected chi connectivity index (χ0v) is 10.9. The number of carboxylic acids is 1. The van der Waals surface area contributed by atoms with E-state index in [9.17, 15) is 4.79 Å². The SMILES string of the molecule is C=[n+]1ccc2n/c(=C3\NC(C(=O)O)CS3)sc2c1. The summed E-state index contributed by atoms with van der Waals surface area (Å²) in [5.74, 6) is -0.287. The maximum Gasteiger partial charge on any atom is 0.327 e. The average Bonchev–Trinajstić information content (AvgIpc) is 2.93. The van der Waals surface area contributed by atoms with E-state index >= 15 is 0 Å². The van der Waals surface area contributed by atoms with Gasteiger partial charge in [0, 0.05) is 11.8 Å². The molecule has 2 aromatic rings.